The molecule has 1 aliphatic rings. The zero-order valence-corrected chi connectivity index (χ0v) is 16.2. The molecule has 0 bridgehead atoms. The van der Waals surface area contributed by atoms with E-state index >= 15 is 0 Å². The van der Waals surface area contributed by atoms with Crippen LogP contribution >= 0.6 is 0 Å². The molecule has 144 valence electrons. The minimum absolute atomic E-state index is 0.00792. The maximum absolute atomic E-state index is 13.2. The number of carbonyl (C=O) groups excluding carboxylic acids is 1. The molecule has 1 saturated heterocycles. The Morgan fingerprint density at radius 2 is 1.90 bits per heavy atom. The van der Waals surface area contributed by atoms with Crippen LogP contribution in [-0.4, -0.2) is 27.5 Å². The Kier molecular flexibility index (Phi) is 4.35. The van der Waals surface area contributed by atoms with Crippen molar-refractivity contribution in [3.63, 3.8) is 0 Å². The highest BCUT2D eigenvalue weighted by Crippen LogP contribution is 2.33. The molecule has 3 aromatic carbocycles. The lowest BCUT2D eigenvalue weighted by atomic mass is 10.1. The van der Waals surface area contributed by atoms with Gasteiger partial charge in [-0.05, 0) is 48.7 Å². The number of aromatic nitrogens is 2. The minimum atomic E-state index is -0.181. The Bertz CT molecular complexity index is 1200. The molecule has 0 spiro atoms. The summed E-state index contributed by atoms with van der Waals surface area (Å²) in [7, 11) is 0. The zero-order valence-electron chi connectivity index (χ0n) is 16.2. The molecule has 0 radical (unpaired) electrons. The molecule has 1 amide bonds. The van der Waals surface area contributed by atoms with Gasteiger partial charge in [0.1, 0.15) is 6.04 Å². The van der Waals surface area contributed by atoms with E-state index in [-0.39, 0.29) is 11.9 Å². The maximum Gasteiger partial charge on any atom is 0.254 e. The van der Waals surface area contributed by atoms with Crippen LogP contribution in [0.25, 0.3) is 22.2 Å². The summed E-state index contributed by atoms with van der Waals surface area (Å²) in [5, 5.41) is 6.35. The molecule has 5 heteroatoms. The number of likely N-dealkylation sites (tertiary alicyclic amines) is 1. The third kappa shape index (κ3) is 3.29. The molecule has 5 nitrogen and oxygen atoms in total. The first-order valence-corrected chi connectivity index (χ1v) is 9.89. The van der Waals surface area contributed by atoms with Gasteiger partial charge in [-0.15, -0.1) is 0 Å². The van der Waals surface area contributed by atoms with Gasteiger partial charge in [0, 0.05) is 17.7 Å². The van der Waals surface area contributed by atoms with Crippen molar-refractivity contribution in [1.29, 1.82) is 0 Å². The predicted molar refractivity (Wildman–Crippen MR) is 111 cm³/mol. The lowest BCUT2D eigenvalue weighted by Crippen LogP contribution is -2.30. The van der Waals surface area contributed by atoms with Crippen LogP contribution < -0.4 is 0 Å². The van der Waals surface area contributed by atoms with Gasteiger partial charge in [0.25, 0.3) is 5.91 Å². The van der Waals surface area contributed by atoms with Crippen LogP contribution in [0.5, 0.6) is 0 Å². The highest BCUT2D eigenvalue weighted by Gasteiger charge is 2.34. The van der Waals surface area contributed by atoms with E-state index < -0.39 is 0 Å². The van der Waals surface area contributed by atoms with Gasteiger partial charge in [-0.1, -0.05) is 59.3 Å². The highest BCUT2D eigenvalue weighted by atomic mass is 16.5. The van der Waals surface area contributed by atoms with Gasteiger partial charge in [0.05, 0.1) is 0 Å². The number of rotatable bonds is 3. The second kappa shape index (κ2) is 7.17. The van der Waals surface area contributed by atoms with Gasteiger partial charge in [0.15, 0.2) is 0 Å². The fourth-order valence-electron chi connectivity index (χ4n) is 4.03. The summed E-state index contributed by atoms with van der Waals surface area (Å²) in [6, 6.07) is 21.7. The molecule has 1 aliphatic heterocycles. The third-order valence-corrected chi connectivity index (χ3v) is 5.51. The quantitative estimate of drug-likeness (QED) is 0.489. The highest BCUT2D eigenvalue weighted by molar-refractivity contribution is 5.98. The van der Waals surface area contributed by atoms with E-state index in [0.717, 1.165) is 34.7 Å². The van der Waals surface area contributed by atoms with Crippen molar-refractivity contribution in [2.45, 2.75) is 25.8 Å². The fourth-order valence-corrected chi connectivity index (χ4v) is 4.03. The van der Waals surface area contributed by atoms with Crippen molar-refractivity contribution >= 4 is 16.7 Å². The number of carbonyl (C=O) groups is 1. The van der Waals surface area contributed by atoms with Crippen molar-refractivity contribution in [1.82, 2.24) is 15.0 Å². The largest absolute Gasteiger partial charge is 0.337 e. The first-order valence-electron chi connectivity index (χ1n) is 9.89. The SMILES string of the molecule is Cc1cccc(-c2noc(C3CCCN3C(=O)c3ccc4ccccc4c3)n2)c1. The summed E-state index contributed by atoms with van der Waals surface area (Å²) in [5.74, 6) is 1.08. The number of fused-ring (bicyclic) bond motifs is 1. The zero-order chi connectivity index (χ0) is 19.8. The Labute approximate surface area is 169 Å². The van der Waals surface area contributed by atoms with E-state index in [1.807, 2.05) is 78.6 Å². The maximum atomic E-state index is 13.2. The summed E-state index contributed by atoms with van der Waals surface area (Å²) in [4.78, 5) is 19.7. The van der Waals surface area contributed by atoms with E-state index in [0.29, 0.717) is 23.8 Å². The van der Waals surface area contributed by atoms with Crippen LogP contribution in [-0.2, 0) is 0 Å². The molecule has 0 saturated carbocycles. The minimum Gasteiger partial charge on any atom is -0.337 e. The molecule has 1 atom stereocenters. The van der Waals surface area contributed by atoms with Crippen molar-refractivity contribution < 1.29 is 9.32 Å². The van der Waals surface area contributed by atoms with Crippen LogP contribution in [0.1, 0.15) is 40.7 Å². The topological polar surface area (TPSA) is 59.2 Å². The molecular weight excluding hydrogens is 362 g/mol. The second-order valence-electron chi connectivity index (χ2n) is 7.54. The van der Waals surface area contributed by atoms with Crippen molar-refractivity contribution in [2.24, 2.45) is 0 Å². The standard InChI is InChI=1S/C24H21N3O2/c1-16-6-4-9-19(14-16)22-25-23(29-26-22)21-10-5-13-27(21)24(28)20-12-11-17-7-2-3-8-18(17)15-20/h2-4,6-9,11-12,14-15,21H,5,10,13H2,1H3. The number of hydrogen-bond donors (Lipinski definition) is 0. The molecule has 1 fully saturated rings. The van der Waals surface area contributed by atoms with E-state index in [9.17, 15) is 4.79 Å². The Morgan fingerprint density at radius 1 is 1.03 bits per heavy atom. The first kappa shape index (κ1) is 17.6. The molecule has 1 aromatic heterocycles. The van der Waals surface area contributed by atoms with E-state index in [4.69, 9.17) is 4.52 Å². The van der Waals surface area contributed by atoms with E-state index in [2.05, 4.69) is 10.1 Å². The van der Waals surface area contributed by atoms with Gasteiger partial charge < -0.3 is 9.42 Å². The van der Waals surface area contributed by atoms with Crippen LogP contribution in [0.15, 0.2) is 71.3 Å². The normalized spacial score (nSPS) is 16.4. The summed E-state index contributed by atoms with van der Waals surface area (Å²) < 4.78 is 5.57. The van der Waals surface area contributed by atoms with Crippen LogP contribution in [0.3, 0.4) is 0 Å². The van der Waals surface area contributed by atoms with E-state index in [1.54, 1.807) is 0 Å². The van der Waals surface area contributed by atoms with Crippen LogP contribution in [0.2, 0.25) is 0 Å². The third-order valence-electron chi connectivity index (χ3n) is 5.51. The van der Waals surface area contributed by atoms with Crippen LogP contribution in [0.4, 0.5) is 0 Å². The second-order valence-corrected chi connectivity index (χ2v) is 7.54. The summed E-state index contributed by atoms with van der Waals surface area (Å²) in [6.45, 7) is 2.73. The summed E-state index contributed by atoms with van der Waals surface area (Å²) in [6.07, 6.45) is 1.75. The fraction of sp³-hybridized carbons (Fsp3) is 0.208. The van der Waals surface area contributed by atoms with Crippen LogP contribution in [0, 0.1) is 6.92 Å². The van der Waals surface area contributed by atoms with Gasteiger partial charge >= 0.3 is 0 Å². The molecular formula is C24H21N3O2. The smallest absolute Gasteiger partial charge is 0.254 e. The number of nitrogens with zero attached hydrogens (tertiary/aromatic N) is 3. The van der Waals surface area contributed by atoms with Gasteiger partial charge in [0.2, 0.25) is 11.7 Å². The number of amides is 1. The Morgan fingerprint density at radius 3 is 2.76 bits per heavy atom. The Balaban J connectivity index is 1.43. The first-order chi connectivity index (χ1) is 14.2. The van der Waals surface area contributed by atoms with Crippen molar-refractivity contribution in [3.8, 4) is 11.4 Å². The van der Waals surface area contributed by atoms with Gasteiger partial charge in [-0.3, -0.25) is 4.79 Å². The van der Waals surface area contributed by atoms with E-state index in [1.165, 1.54) is 0 Å². The molecule has 2 heterocycles. The number of hydrogen-bond acceptors (Lipinski definition) is 4. The molecule has 1 unspecified atom stereocenters. The van der Waals surface area contributed by atoms with Crippen molar-refractivity contribution in [2.75, 3.05) is 6.54 Å². The Hall–Kier alpha value is -3.47. The monoisotopic (exact) mass is 383 g/mol. The molecule has 0 aliphatic carbocycles. The lowest BCUT2D eigenvalue weighted by molar-refractivity contribution is 0.0710. The predicted octanol–water partition coefficient (Wildman–Crippen LogP) is 5.18. The molecule has 4 aromatic rings. The summed E-state index contributed by atoms with van der Waals surface area (Å²) in [5.41, 5.74) is 2.75. The average molecular weight is 383 g/mol. The van der Waals surface area contributed by atoms with Crippen molar-refractivity contribution in [3.05, 3.63) is 83.7 Å². The van der Waals surface area contributed by atoms with Gasteiger partial charge in [-0.2, -0.15) is 4.98 Å². The van der Waals surface area contributed by atoms with Gasteiger partial charge in [-0.25, -0.2) is 0 Å². The molecule has 5 rings (SSSR count). The molecule has 29 heavy (non-hydrogen) atoms. The average Bonchev–Trinajstić information content (AvgIpc) is 3.42. The molecule has 0 N–H and O–H groups in total. The number of aryl methyl sites for hydroxylation is 1. The number of benzene rings is 3. The lowest BCUT2D eigenvalue weighted by Gasteiger charge is -2.22. The summed E-state index contributed by atoms with van der Waals surface area (Å²) >= 11 is 0.